The maximum absolute atomic E-state index is 12.1. The van der Waals surface area contributed by atoms with E-state index in [1.165, 1.54) is 6.07 Å². The molecule has 0 unspecified atom stereocenters. The molecule has 3 rings (SSSR count). The molecule has 122 valence electrons. The fourth-order valence-corrected chi connectivity index (χ4v) is 3.35. The number of aromatic nitrogens is 1. The monoisotopic (exact) mass is 342 g/mol. The molecule has 0 aliphatic carbocycles. The number of hydrogen-bond donors (Lipinski definition) is 0. The van der Waals surface area contributed by atoms with Gasteiger partial charge in [-0.15, -0.1) is 11.3 Å². The summed E-state index contributed by atoms with van der Waals surface area (Å²) in [7, 11) is 0. The molecular weight excluding hydrogens is 328 g/mol. The van der Waals surface area contributed by atoms with Crippen molar-refractivity contribution in [2.24, 2.45) is 0 Å². The van der Waals surface area contributed by atoms with Gasteiger partial charge in [-0.25, -0.2) is 9.78 Å². The van der Waals surface area contributed by atoms with Crippen molar-refractivity contribution < 1.29 is 14.5 Å². The molecule has 0 aliphatic heterocycles. The Labute approximate surface area is 141 Å². The summed E-state index contributed by atoms with van der Waals surface area (Å²) in [6, 6.07) is 12.4. The molecule has 6 nitrogen and oxygen atoms in total. The number of hydrogen-bond acceptors (Lipinski definition) is 6. The number of thiazole rings is 1. The molecule has 24 heavy (non-hydrogen) atoms. The van der Waals surface area contributed by atoms with E-state index in [1.807, 2.05) is 24.3 Å². The maximum atomic E-state index is 12.1. The SMILES string of the molecule is Cc1cccc(C(=O)OCCc2nc3ccccc3s2)c1[N+](=O)[O-]. The predicted molar refractivity (Wildman–Crippen MR) is 91.4 cm³/mol. The molecule has 0 aliphatic rings. The van der Waals surface area contributed by atoms with Gasteiger partial charge in [0.15, 0.2) is 0 Å². The molecule has 0 bridgehead atoms. The van der Waals surface area contributed by atoms with Crippen molar-refractivity contribution in [3.05, 3.63) is 68.7 Å². The van der Waals surface area contributed by atoms with Crippen molar-refractivity contribution in [2.45, 2.75) is 13.3 Å². The zero-order valence-corrected chi connectivity index (χ0v) is 13.7. The van der Waals surface area contributed by atoms with Crippen molar-refractivity contribution in [2.75, 3.05) is 6.61 Å². The first-order valence-corrected chi connectivity index (χ1v) is 8.13. The molecule has 0 fully saturated rings. The van der Waals surface area contributed by atoms with Crippen LogP contribution < -0.4 is 0 Å². The number of aryl methyl sites for hydroxylation is 1. The summed E-state index contributed by atoms with van der Waals surface area (Å²) in [6.07, 6.45) is 0.477. The summed E-state index contributed by atoms with van der Waals surface area (Å²) in [5, 5.41) is 12.0. The quantitative estimate of drug-likeness (QED) is 0.399. The molecule has 0 amide bonds. The number of ether oxygens (including phenoxy) is 1. The van der Waals surface area contributed by atoms with Crippen molar-refractivity contribution >= 4 is 33.2 Å². The van der Waals surface area contributed by atoms with E-state index in [9.17, 15) is 14.9 Å². The van der Waals surface area contributed by atoms with Gasteiger partial charge in [-0.1, -0.05) is 24.3 Å². The van der Waals surface area contributed by atoms with E-state index in [1.54, 1.807) is 30.4 Å². The first kappa shape index (κ1) is 16.1. The molecule has 2 aromatic carbocycles. The van der Waals surface area contributed by atoms with E-state index in [2.05, 4.69) is 4.98 Å². The van der Waals surface area contributed by atoms with E-state index < -0.39 is 10.9 Å². The Morgan fingerprint density at radius 1 is 1.25 bits per heavy atom. The molecule has 0 radical (unpaired) electrons. The van der Waals surface area contributed by atoms with Crippen LogP contribution in [0.4, 0.5) is 5.69 Å². The lowest BCUT2D eigenvalue weighted by molar-refractivity contribution is -0.385. The average molecular weight is 342 g/mol. The Kier molecular flexibility index (Phi) is 4.52. The van der Waals surface area contributed by atoms with Gasteiger partial charge in [-0.2, -0.15) is 0 Å². The summed E-state index contributed by atoms with van der Waals surface area (Å²) in [5.41, 5.74) is 1.12. The summed E-state index contributed by atoms with van der Waals surface area (Å²) in [5.74, 6) is -0.688. The van der Waals surface area contributed by atoms with Gasteiger partial charge in [0.05, 0.1) is 26.8 Å². The number of nitro benzene ring substituents is 1. The van der Waals surface area contributed by atoms with Crippen molar-refractivity contribution in [3.63, 3.8) is 0 Å². The van der Waals surface area contributed by atoms with Crippen LogP contribution in [0.5, 0.6) is 0 Å². The zero-order valence-electron chi connectivity index (χ0n) is 12.9. The molecule has 1 aromatic heterocycles. The number of carbonyl (C=O) groups excluding carboxylic acids is 1. The normalized spacial score (nSPS) is 10.7. The highest BCUT2D eigenvalue weighted by Gasteiger charge is 2.23. The molecule has 0 atom stereocenters. The summed E-state index contributed by atoms with van der Waals surface area (Å²) in [4.78, 5) is 27.2. The van der Waals surface area contributed by atoms with Gasteiger partial charge in [0.25, 0.3) is 5.69 Å². The van der Waals surface area contributed by atoms with E-state index in [4.69, 9.17) is 4.74 Å². The van der Waals surface area contributed by atoms with Crippen molar-refractivity contribution in [1.29, 1.82) is 0 Å². The van der Waals surface area contributed by atoms with Crippen molar-refractivity contribution in [3.8, 4) is 0 Å². The maximum Gasteiger partial charge on any atom is 0.345 e. The van der Waals surface area contributed by atoms with Crippen LogP contribution in [-0.2, 0) is 11.2 Å². The number of nitro groups is 1. The van der Waals surface area contributed by atoms with E-state index in [0.717, 1.165) is 15.2 Å². The third-order valence-electron chi connectivity index (χ3n) is 3.53. The molecule has 0 saturated heterocycles. The molecule has 1 heterocycles. The Hall–Kier alpha value is -2.80. The smallest absolute Gasteiger partial charge is 0.345 e. The van der Waals surface area contributed by atoms with Crippen LogP contribution in [0.1, 0.15) is 20.9 Å². The van der Waals surface area contributed by atoms with E-state index >= 15 is 0 Å². The van der Waals surface area contributed by atoms with Gasteiger partial charge >= 0.3 is 5.97 Å². The molecule has 0 spiro atoms. The number of benzene rings is 2. The molecule has 0 saturated carbocycles. The second-order valence-corrected chi connectivity index (χ2v) is 6.30. The first-order chi connectivity index (χ1) is 11.6. The van der Waals surface area contributed by atoms with Gasteiger partial charge in [-0.05, 0) is 25.1 Å². The Morgan fingerprint density at radius 2 is 2.04 bits per heavy atom. The lowest BCUT2D eigenvalue weighted by Gasteiger charge is -2.05. The van der Waals surface area contributed by atoms with E-state index in [0.29, 0.717) is 12.0 Å². The number of fused-ring (bicyclic) bond motifs is 1. The fraction of sp³-hybridized carbons (Fsp3) is 0.176. The van der Waals surface area contributed by atoms with Crippen molar-refractivity contribution in [1.82, 2.24) is 4.98 Å². The van der Waals surface area contributed by atoms with Crippen LogP contribution in [0.2, 0.25) is 0 Å². The van der Waals surface area contributed by atoms with Gasteiger partial charge in [0, 0.05) is 12.0 Å². The largest absolute Gasteiger partial charge is 0.461 e. The lowest BCUT2D eigenvalue weighted by Crippen LogP contribution is -2.11. The highest BCUT2D eigenvalue weighted by Crippen LogP contribution is 2.24. The second kappa shape index (κ2) is 6.76. The number of rotatable bonds is 5. The highest BCUT2D eigenvalue weighted by atomic mass is 32.1. The van der Waals surface area contributed by atoms with Crippen LogP contribution in [-0.4, -0.2) is 22.5 Å². The topological polar surface area (TPSA) is 82.3 Å². The summed E-state index contributed by atoms with van der Waals surface area (Å²) < 4.78 is 6.27. The number of esters is 1. The number of para-hydroxylation sites is 2. The van der Waals surface area contributed by atoms with Gasteiger partial charge in [-0.3, -0.25) is 10.1 Å². The van der Waals surface area contributed by atoms with Gasteiger partial charge in [0.1, 0.15) is 5.56 Å². The third-order valence-corrected chi connectivity index (χ3v) is 4.62. The third kappa shape index (κ3) is 3.26. The standard InChI is InChI=1S/C17H14N2O4S/c1-11-5-4-6-12(16(11)19(21)22)17(20)23-10-9-15-18-13-7-2-3-8-14(13)24-15/h2-8H,9-10H2,1H3. The van der Waals surface area contributed by atoms with Gasteiger partial charge in [0.2, 0.25) is 0 Å². The zero-order chi connectivity index (χ0) is 17.1. The molecular formula is C17H14N2O4S. The summed E-state index contributed by atoms with van der Waals surface area (Å²) >= 11 is 1.54. The van der Waals surface area contributed by atoms with Crippen LogP contribution in [0, 0.1) is 17.0 Å². The average Bonchev–Trinajstić information content (AvgIpc) is 2.96. The second-order valence-electron chi connectivity index (χ2n) is 5.19. The van der Waals surface area contributed by atoms with Gasteiger partial charge < -0.3 is 4.74 Å². The van der Waals surface area contributed by atoms with Crippen LogP contribution in [0.15, 0.2) is 42.5 Å². The Bertz CT molecular complexity index is 887. The highest BCUT2D eigenvalue weighted by molar-refractivity contribution is 7.18. The predicted octanol–water partition coefficient (Wildman–Crippen LogP) is 3.91. The summed E-state index contributed by atoms with van der Waals surface area (Å²) in [6.45, 7) is 1.72. The minimum atomic E-state index is -0.688. The minimum absolute atomic E-state index is 0.0238. The van der Waals surface area contributed by atoms with Crippen LogP contribution in [0.3, 0.4) is 0 Å². The lowest BCUT2D eigenvalue weighted by atomic mass is 10.1. The molecule has 7 heteroatoms. The Morgan fingerprint density at radius 3 is 2.79 bits per heavy atom. The molecule has 0 N–H and O–H groups in total. The van der Waals surface area contributed by atoms with Crippen LogP contribution >= 0.6 is 11.3 Å². The number of nitrogens with zero attached hydrogens (tertiary/aromatic N) is 2. The first-order valence-electron chi connectivity index (χ1n) is 7.32. The molecule has 3 aromatic rings. The van der Waals surface area contributed by atoms with E-state index in [-0.39, 0.29) is 17.9 Å². The Balaban J connectivity index is 1.68. The fourth-order valence-electron chi connectivity index (χ4n) is 2.40. The minimum Gasteiger partial charge on any atom is -0.461 e. The van der Waals surface area contributed by atoms with Crippen LogP contribution in [0.25, 0.3) is 10.2 Å². The number of carbonyl (C=O) groups is 1.